The number of benzene rings is 2. The SMILES string of the molecule is COc1ccc(-c2noc(COc3ccc(C(C)=O)cc3)n2)c(OC)c1. The van der Waals surface area contributed by atoms with Crippen LogP contribution in [0.4, 0.5) is 0 Å². The van der Waals surface area contributed by atoms with Gasteiger partial charge in [0, 0.05) is 11.6 Å². The van der Waals surface area contributed by atoms with Crippen LogP contribution >= 0.6 is 0 Å². The van der Waals surface area contributed by atoms with Crippen molar-refractivity contribution in [3.63, 3.8) is 0 Å². The lowest BCUT2D eigenvalue weighted by Crippen LogP contribution is -1.97. The van der Waals surface area contributed by atoms with E-state index < -0.39 is 0 Å². The lowest BCUT2D eigenvalue weighted by atomic mass is 10.1. The van der Waals surface area contributed by atoms with E-state index in [1.54, 1.807) is 56.7 Å². The summed E-state index contributed by atoms with van der Waals surface area (Å²) >= 11 is 0. The number of nitrogens with zero attached hydrogens (tertiary/aromatic N) is 2. The molecular weight excluding hydrogens is 336 g/mol. The summed E-state index contributed by atoms with van der Waals surface area (Å²) < 4.78 is 21.4. The minimum Gasteiger partial charge on any atom is -0.497 e. The van der Waals surface area contributed by atoms with Crippen LogP contribution in [0.25, 0.3) is 11.4 Å². The van der Waals surface area contributed by atoms with E-state index in [-0.39, 0.29) is 12.4 Å². The molecule has 0 saturated carbocycles. The number of hydrogen-bond acceptors (Lipinski definition) is 7. The van der Waals surface area contributed by atoms with Crippen LogP contribution in [0.3, 0.4) is 0 Å². The first kappa shape index (κ1) is 17.5. The third-order valence-electron chi connectivity index (χ3n) is 3.74. The lowest BCUT2D eigenvalue weighted by molar-refractivity contribution is 0.101. The standard InChI is InChI=1S/C19H18N2O5/c1-12(22)13-4-6-14(7-5-13)25-11-18-20-19(21-26-18)16-9-8-15(23-2)10-17(16)24-3/h4-10H,11H2,1-3H3. The maximum absolute atomic E-state index is 11.3. The second-order valence-electron chi connectivity index (χ2n) is 5.45. The molecule has 7 nitrogen and oxygen atoms in total. The summed E-state index contributed by atoms with van der Waals surface area (Å²) in [4.78, 5) is 15.6. The van der Waals surface area contributed by atoms with Gasteiger partial charge in [0.05, 0.1) is 19.8 Å². The molecule has 0 N–H and O–H groups in total. The summed E-state index contributed by atoms with van der Waals surface area (Å²) in [6, 6.07) is 12.2. The van der Waals surface area contributed by atoms with Gasteiger partial charge >= 0.3 is 0 Å². The normalized spacial score (nSPS) is 10.4. The van der Waals surface area contributed by atoms with Crippen molar-refractivity contribution in [3.05, 3.63) is 53.9 Å². The molecule has 0 atom stereocenters. The molecule has 2 aromatic carbocycles. The number of hydrogen-bond donors (Lipinski definition) is 0. The van der Waals surface area contributed by atoms with Crippen LogP contribution in [0.1, 0.15) is 23.2 Å². The molecule has 0 amide bonds. The molecule has 0 spiro atoms. The topological polar surface area (TPSA) is 83.7 Å². The Labute approximate surface area is 150 Å². The van der Waals surface area contributed by atoms with Gasteiger partial charge in [0.15, 0.2) is 12.4 Å². The van der Waals surface area contributed by atoms with Crippen molar-refractivity contribution in [2.75, 3.05) is 14.2 Å². The Kier molecular flexibility index (Phi) is 5.17. The van der Waals surface area contributed by atoms with Crippen LogP contribution in [-0.2, 0) is 6.61 Å². The van der Waals surface area contributed by atoms with E-state index in [4.69, 9.17) is 18.7 Å². The van der Waals surface area contributed by atoms with Crippen molar-refractivity contribution < 1.29 is 23.5 Å². The Bertz CT molecular complexity index is 903. The van der Waals surface area contributed by atoms with Crippen LogP contribution in [-0.4, -0.2) is 30.1 Å². The van der Waals surface area contributed by atoms with Gasteiger partial charge in [-0.25, -0.2) is 0 Å². The molecule has 0 aliphatic heterocycles. The summed E-state index contributed by atoms with van der Waals surface area (Å²) in [5.74, 6) is 2.59. The Morgan fingerprint density at radius 1 is 1.04 bits per heavy atom. The molecule has 26 heavy (non-hydrogen) atoms. The van der Waals surface area contributed by atoms with E-state index in [1.807, 2.05) is 0 Å². The molecule has 1 heterocycles. The maximum Gasteiger partial charge on any atom is 0.264 e. The molecule has 3 aromatic rings. The predicted molar refractivity (Wildman–Crippen MR) is 93.6 cm³/mol. The van der Waals surface area contributed by atoms with Gasteiger partial charge in [-0.05, 0) is 43.3 Å². The van der Waals surface area contributed by atoms with Crippen molar-refractivity contribution in [2.45, 2.75) is 13.5 Å². The Hall–Kier alpha value is -3.35. The first-order chi connectivity index (χ1) is 12.6. The fourth-order valence-electron chi connectivity index (χ4n) is 2.34. The molecule has 0 bridgehead atoms. The van der Waals surface area contributed by atoms with E-state index in [0.29, 0.717) is 40.1 Å². The highest BCUT2D eigenvalue weighted by atomic mass is 16.5. The molecule has 134 valence electrons. The number of ether oxygens (including phenoxy) is 3. The van der Waals surface area contributed by atoms with Crippen LogP contribution in [0, 0.1) is 0 Å². The molecule has 0 saturated heterocycles. The fraction of sp³-hybridized carbons (Fsp3) is 0.211. The van der Waals surface area contributed by atoms with Crippen LogP contribution < -0.4 is 14.2 Å². The third-order valence-corrected chi connectivity index (χ3v) is 3.74. The van der Waals surface area contributed by atoms with Gasteiger partial charge in [0.25, 0.3) is 5.89 Å². The first-order valence-electron chi connectivity index (χ1n) is 7.89. The van der Waals surface area contributed by atoms with E-state index in [1.165, 1.54) is 6.92 Å². The first-order valence-corrected chi connectivity index (χ1v) is 7.89. The zero-order chi connectivity index (χ0) is 18.5. The number of aromatic nitrogens is 2. The van der Waals surface area contributed by atoms with E-state index in [0.717, 1.165) is 0 Å². The second kappa shape index (κ2) is 7.69. The zero-order valence-corrected chi connectivity index (χ0v) is 14.7. The van der Waals surface area contributed by atoms with Gasteiger partial charge in [-0.2, -0.15) is 4.98 Å². The highest BCUT2D eigenvalue weighted by Gasteiger charge is 2.14. The number of ketones is 1. The molecule has 1 aromatic heterocycles. The Balaban J connectivity index is 1.71. The Morgan fingerprint density at radius 2 is 1.77 bits per heavy atom. The highest BCUT2D eigenvalue weighted by Crippen LogP contribution is 2.31. The van der Waals surface area contributed by atoms with Crippen molar-refractivity contribution in [2.24, 2.45) is 0 Å². The van der Waals surface area contributed by atoms with E-state index in [2.05, 4.69) is 10.1 Å². The maximum atomic E-state index is 11.3. The number of carbonyl (C=O) groups excluding carboxylic acids is 1. The third kappa shape index (κ3) is 3.83. The van der Waals surface area contributed by atoms with Crippen LogP contribution in [0.5, 0.6) is 17.2 Å². The summed E-state index contributed by atoms with van der Waals surface area (Å²) in [5.41, 5.74) is 1.32. The van der Waals surface area contributed by atoms with Crippen molar-refractivity contribution in [3.8, 4) is 28.6 Å². The minimum absolute atomic E-state index is 0.00605. The molecule has 0 aliphatic rings. The van der Waals surface area contributed by atoms with Gasteiger partial charge in [0.2, 0.25) is 5.82 Å². The summed E-state index contributed by atoms with van der Waals surface area (Å²) in [7, 11) is 3.15. The van der Waals surface area contributed by atoms with Gasteiger partial charge in [-0.1, -0.05) is 5.16 Å². The van der Waals surface area contributed by atoms with Gasteiger partial charge in [0.1, 0.15) is 17.2 Å². The quantitative estimate of drug-likeness (QED) is 0.600. The largest absolute Gasteiger partial charge is 0.497 e. The zero-order valence-electron chi connectivity index (χ0n) is 14.7. The molecule has 7 heteroatoms. The highest BCUT2D eigenvalue weighted by molar-refractivity contribution is 5.94. The minimum atomic E-state index is 0.00605. The lowest BCUT2D eigenvalue weighted by Gasteiger charge is -2.07. The molecule has 3 rings (SSSR count). The molecular formula is C19H18N2O5. The van der Waals surface area contributed by atoms with Gasteiger partial charge in [-0.3, -0.25) is 4.79 Å². The summed E-state index contributed by atoms with van der Waals surface area (Å²) in [5, 5.41) is 3.97. The van der Waals surface area contributed by atoms with E-state index >= 15 is 0 Å². The number of rotatable bonds is 7. The van der Waals surface area contributed by atoms with Crippen molar-refractivity contribution in [1.29, 1.82) is 0 Å². The summed E-state index contributed by atoms with van der Waals surface area (Å²) in [6.45, 7) is 1.63. The molecule has 0 aliphatic carbocycles. The Morgan fingerprint density at radius 3 is 2.42 bits per heavy atom. The molecule has 0 unspecified atom stereocenters. The number of Topliss-reactive ketones (excluding diaryl/α,β-unsaturated/α-hetero) is 1. The average Bonchev–Trinajstić information content (AvgIpc) is 3.15. The second-order valence-corrected chi connectivity index (χ2v) is 5.45. The fourth-order valence-corrected chi connectivity index (χ4v) is 2.34. The summed E-state index contributed by atoms with van der Waals surface area (Å²) in [6.07, 6.45) is 0. The average molecular weight is 354 g/mol. The van der Waals surface area contributed by atoms with Gasteiger partial charge in [-0.15, -0.1) is 0 Å². The number of carbonyl (C=O) groups is 1. The molecule has 0 radical (unpaired) electrons. The molecule has 0 fully saturated rings. The van der Waals surface area contributed by atoms with Crippen LogP contribution in [0.2, 0.25) is 0 Å². The van der Waals surface area contributed by atoms with Gasteiger partial charge < -0.3 is 18.7 Å². The van der Waals surface area contributed by atoms with Crippen molar-refractivity contribution >= 4 is 5.78 Å². The van der Waals surface area contributed by atoms with Crippen molar-refractivity contribution in [1.82, 2.24) is 10.1 Å². The predicted octanol–water partition coefficient (Wildman–Crippen LogP) is 3.54. The van der Waals surface area contributed by atoms with Crippen LogP contribution in [0.15, 0.2) is 47.0 Å². The number of methoxy groups -OCH3 is 2. The smallest absolute Gasteiger partial charge is 0.264 e. The van der Waals surface area contributed by atoms with E-state index in [9.17, 15) is 4.79 Å². The monoisotopic (exact) mass is 354 g/mol.